The van der Waals surface area contributed by atoms with Gasteiger partial charge in [-0.1, -0.05) is 26.0 Å². The van der Waals surface area contributed by atoms with Crippen LogP contribution in [0.5, 0.6) is 0 Å². The molecule has 0 aliphatic carbocycles. The maximum atomic E-state index is 12.2. The minimum absolute atomic E-state index is 0.0265. The Kier molecular flexibility index (Phi) is 5.08. The molecule has 0 unspecified atom stereocenters. The van der Waals surface area contributed by atoms with Gasteiger partial charge in [0, 0.05) is 5.41 Å². The van der Waals surface area contributed by atoms with Gasteiger partial charge in [0.2, 0.25) is 0 Å². The number of amides is 1. The Morgan fingerprint density at radius 1 is 1.44 bits per heavy atom. The Labute approximate surface area is 163 Å². The molecule has 1 fully saturated rings. The van der Waals surface area contributed by atoms with Crippen LogP contribution in [0, 0.1) is 0 Å². The van der Waals surface area contributed by atoms with Crippen LogP contribution < -0.4 is 0 Å². The van der Waals surface area contributed by atoms with Gasteiger partial charge in [-0.2, -0.15) is 0 Å². The number of nitrogens with zero attached hydrogens (tertiary/aromatic N) is 4. The predicted octanol–water partition coefficient (Wildman–Crippen LogP) is 2.52. The molecule has 27 heavy (non-hydrogen) atoms. The van der Waals surface area contributed by atoms with E-state index in [4.69, 9.17) is 9.53 Å². The molecule has 146 valence electrons. The second-order valence-electron chi connectivity index (χ2n) is 8.09. The average Bonchev–Trinajstić information content (AvgIpc) is 3.15. The molecule has 1 saturated heterocycles. The van der Waals surface area contributed by atoms with Crippen molar-refractivity contribution in [1.29, 1.82) is 0 Å². The van der Waals surface area contributed by atoms with Gasteiger partial charge >= 0.3 is 5.97 Å². The van der Waals surface area contributed by atoms with Gasteiger partial charge in [0.15, 0.2) is 8.32 Å². The zero-order valence-corrected chi connectivity index (χ0v) is 17.9. The Morgan fingerprint density at radius 3 is 2.78 bits per heavy atom. The van der Waals surface area contributed by atoms with Crippen molar-refractivity contribution in [3.05, 3.63) is 28.6 Å². The molecular weight excluding hydrogens is 384 g/mol. The molecule has 1 N–H and O–H groups in total. The van der Waals surface area contributed by atoms with E-state index in [0.29, 0.717) is 24.4 Å². The van der Waals surface area contributed by atoms with Gasteiger partial charge in [0.1, 0.15) is 16.8 Å². The van der Waals surface area contributed by atoms with E-state index in [9.17, 15) is 9.59 Å². The Hall–Kier alpha value is -1.91. The first-order valence-electron chi connectivity index (χ1n) is 8.69. The summed E-state index contributed by atoms with van der Waals surface area (Å²) in [5, 5.41) is 18.6. The number of carboxylic acids is 1. The molecule has 0 aromatic carbocycles. The number of aromatic nitrogens is 3. The average molecular weight is 409 g/mol. The first-order valence-corrected chi connectivity index (χ1v) is 12.5. The molecule has 2 aliphatic heterocycles. The number of hydrogen-bond acceptors (Lipinski definition) is 6. The molecule has 3 heterocycles. The highest BCUT2D eigenvalue weighted by Gasteiger charge is 2.49. The largest absolute Gasteiger partial charge is 0.477 e. The number of carbonyl (C=O) groups excluding carboxylic acids is 1. The summed E-state index contributed by atoms with van der Waals surface area (Å²) in [6, 6.07) is 0. The lowest BCUT2D eigenvalue weighted by Gasteiger charge is -2.36. The molecule has 1 aromatic rings. The van der Waals surface area contributed by atoms with E-state index >= 15 is 0 Å². The highest BCUT2D eigenvalue weighted by molar-refractivity contribution is 8.03. The summed E-state index contributed by atoms with van der Waals surface area (Å²) in [6.45, 7) is 12.2. The number of carbonyl (C=O) groups is 2. The molecule has 2 aliphatic rings. The van der Waals surface area contributed by atoms with E-state index in [-0.39, 0.29) is 22.0 Å². The molecule has 1 amide bonds. The summed E-state index contributed by atoms with van der Waals surface area (Å²) in [7, 11) is -1.79. The van der Waals surface area contributed by atoms with Crippen molar-refractivity contribution in [2.24, 2.45) is 0 Å². The van der Waals surface area contributed by atoms with Crippen LogP contribution >= 0.6 is 11.8 Å². The number of fused-ring (bicyclic) bond motifs is 1. The van der Waals surface area contributed by atoms with Crippen molar-refractivity contribution in [2.75, 3.05) is 6.61 Å². The van der Waals surface area contributed by atoms with Crippen molar-refractivity contribution < 1.29 is 19.1 Å². The van der Waals surface area contributed by atoms with E-state index in [1.807, 2.05) is 0 Å². The Bertz CT molecular complexity index is 840. The highest BCUT2D eigenvalue weighted by Crippen LogP contribution is 2.44. The van der Waals surface area contributed by atoms with Crippen LogP contribution in [-0.2, 0) is 20.6 Å². The topological polar surface area (TPSA) is 97.5 Å². The predicted molar refractivity (Wildman–Crippen MR) is 105 cm³/mol. The van der Waals surface area contributed by atoms with Crippen molar-refractivity contribution in [2.45, 2.75) is 50.8 Å². The van der Waals surface area contributed by atoms with Crippen LogP contribution in [0.25, 0.3) is 6.08 Å². The lowest BCUT2D eigenvalue weighted by molar-refractivity contribution is -0.141. The highest BCUT2D eigenvalue weighted by atomic mass is 32.2. The van der Waals surface area contributed by atoms with Crippen LogP contribution in [0.4, 0.5) is 0 Å². The van der Waals surface area contributed by atoms with E-state index in [0.717, 1.165) is 0 Å². The summed E-state index contributed by atoms with van der Waals surface area (Å²) in [5.41, 5.74) is 1.14. The molecule has 0 saturated carbocycles. The first kappa shape index (κ1) is 19.8. The molecule has 0 spiro atoms. The van der Waals surface area contributed by atoms with Gasteiger partial charge in [-0.05, 0) is 24.2 Å². The number of carboxylic acid groups (broad SMARTS) is 1. The molecule has 3 rings (SSSR count). The van der Waals surface area contributed by atoms with Crippen LogP contribution in [0.1, 0.15) is 26.5 Å². The quantitative estimate of drug-likeness (QED) is 0.439. The molecular formula is C17H24N4O4SSi. The lowest BCUT2D eigenvalue weighted by atomic mass is 10.0. The number of aliphatic carboxylic acids is 1. The van der Waals surface area contributed by atoms with Crippen LogP contribution in [-0.4, -0.2) is 57.2 Å². The molecule has 8 nitrogen and oxygen atoms in total. The van der Waals surface area contributed by atoms with Gasteiger partial charge in [0.05, 0.1) is 24.9 Å². The fourth-order valence-electron chi connectivity index (χ4n) is 2.53. The SMILES string of the molecule is CC(C)(C)[Si](C)(C)OCCn1cc(/C=C2\C(=O)N3C(C(=O)O)=CS[C@H]23)nn1. The zero-order valence-electron chi connectivity index (χ0n) is 16.1. The van der Waals surface area contributed by atoms with E-state index in [1.165, 1.54) is 22.1 Å². The minimum atomic E-state index is -1.79. The third-order valence-electron chi connectivity index (χ3n) is 5.20. The number of hydrogen-bond donors (Lipinski definition) is 1. The summed E-state index contributed by atoms with van der Waals surface area (Å²) < 4.78 is 7.83. The molecule has 0 bridgehead atoms. The van der Waals surface area contributed by atoms with E-state index in [2.05, 4.69) is 44.2 Å². The van der Waals surface area contributed by atoms with Gasteiger partial charge < -0.3 is 9.53 Å². The monoisotopic (exact) mass is 408 g/mol. The van der Waals surface area contributed by atoms with Crippen LogP contribution in [0.3, 0.4) is 0 Å². The Morgan fingerprint density at radius 2 is 2.15 bits per heavy atom. The summed E-state index contributed by atoms with van der Waals surface area (Å²) in [6.07, 6.45) is 3.44. The molecule has 10 heteroatoms. The van der Waals surface area contributed by atoms with Gasteiger partial charge in [0.25, 0.3) is 5.91 Å². The Balaban J connectivity index is 1.59. The zero-order chi connectivity index (χ0) is 20.0. The smallest absolute Gasteiger partial charge is 0.353 e. The number of β-lactam (4-membered cyclic amide) rings is 1. The minimum Gasteiger partial charge on any atom is -0.477 e. The number of rotatable bonds is 6. The first-order chi connectivity index (χ1) is 12.5. The maximum Gasteiger partial charge on any atom is 0.353 e. The summed E-state index contributed by atoms with van der Waals surface area (Å²) in [5.74, 6) is -1.39. The molecule has 0 radical (unpaired) electrons. The second kappa shape index (κ2) is 6.92. The lowest BCUT2D eigenvalue weighted by Crippen LogP contribution is -2.51. The van der Waals surface area contributed by atoms with Crippen LogP contribution in [0.15, 0.2) is 22.9 Å². The summed E-state index contributed by atoms with van der Waals surface area (Å²) in [4.78, 5) is 24.6. The van der Waals surface area contributed by atoms with Crippen molar-refractivity contribution in [1.82, 2.24) is 19.9 Å². The fourth-order valence-corrected chi connectivity index (χ4v) is 4.68. The van der Waals surface area contributed by atoms with Gasteiger partial charge in [-0.3, -0.25) is 9.69 Å². The van der Waals surface area contributed by atoms with Crippen molar-refractivity contribution in [3.63, 3.8) is 0 Å². The third kappa shape index (κ3) is 3.74. The summed E-state index contributed by atoms with van der Waals surface area (Å²) >= 11 is 1.31. The maximum absolute atomic E-state index is 12.2. The normalized spacial score (nSPS) is 21.3. The van der Waals surface area contributed by atoms with Crippen molar-refractivity contribution >= 4 is 38.0 Å². The van der Waals surface area contributed by atoms with Gasteiger partial charge in [-0.25, -0.2) is 9.48 Å². The van der Waals surface area contributed by atoms with Crippen LogP contribution in [0.2, 0.25) is 18.1 Å². The molecule has 1 aromatic heterocycles. The fraction of sp³-hybridized carbons (Fsp3) is 0.529. The van der Waals surface area contributed by atoms with Gasteiger partial charge in [-0.15, -0.1) is 16.9 Å². The molecule has 1 atom stereocenters. The van der Waals surface area contributed by atoms with Crippen molar-refractivity contribution in [3.8, 4) is 0 Å². The van der Waals surface area contributed by atoms with E-state index < -0.39 is 14.3 Å². The van der Waals surface area contributed by atoms with E-state index in [1.54, 1.807) is 17.0 Å². The second-order valence-corrected chi connectivity index (χ2v) is 13.9. The standard InChI is InChI=1S/C17H24N4O4SSi/c1-17(2,3)27(4,5)25-7-6-20-9-11(18-19-20)8-12-14(22)21-13(16(23)24)10-26-15(12)21/h8-10,15H,6-7H2,1-5H3,(H,23,24)/b12-8+/t15-/m1/s1. The third-order valence-corrected chi connectivity index (χ3v) is 10.8. The number of thioether (sulfide) groups is 1.